The van der Waals surface area contributed by atoms with Crippen molar-refractivity contribution in [2.75, 3.05) is 39.4 Å². The van der Waals surface area contributed by atoms with Crippen molar-refractivity contribution in [2.24, 2.45) is 5.41 Å². The van der Waals surface area contributed by atoms with Crippen molar-refractivity contribution in [2.45, 2.75) is 97.5 Å². The van der Waals surface area contributed by atoms with Crippen LogP contribution in [0, 0.1) is 5.41 Å². The molecule has 4 unspecified atom stereocenters. The summed E-state index contributed by atoms with van der Waals surface area (Å²) in [6.45, 7) is 10.7. The van der Waals surface area contributed by atoms with Gasteiger partial charge in [-0.05, 0) is 63.8 Å². The predicted octanol–water partition coefficient (Wildman–Crippen LogP) is 7.36. The maximum atomic E-state index is 15.1. The summed E-state index contributed by atoms with van der Waals surface area (Å²) in [6.07, 6.45) is -4.51. The second-order valence-electron chi connectivity index (χ2n) is 17.4. The third-order valence-corrected chi connectivity index (χ3v) is 9.97. The van der Waals surface area contributed by atoms with Crippen LogP contribution in [0.25, 0.3) is 0 Å². The Balaban J connectivity index is 1.58. The van der Waals surface area contributed by atoms with E-state index in [4.69, 9.17) is 28.4 Å². The van der Waals surface area contributed by atoms with Crippen molar-refractivity contribution >= 4 is 18.0 Å². The largest absolute Gasteiger partial charge is 0.462 e. The molecule has 1 fully saturated rings. The number of rotatable bonds is 19. The Morgan fingerprint density at radius 2 is 1.00 bits per heavy atom. The van der Waals surface area contributed by atoms with Gasteiger partial charge in [-0.2, -0.15) is 0 Å². The summed E-state index contributed by atoms with van der Waals surface area (Å²) < 4.78 is 38.0. The van der Waals surface area contributed by atoms with Crippen LogP contribution in [0.1, 0.15) is 63.8 Å². The lowest BCUT2D eigenvalue weighted by Crippen LogP contribution is -2.63. The summed E-state index contributed by atoms with van der Waals surface area (Å²) in [4.78, 5) is 44.7. The van der Waals surface area contributed by atoms with E-state index in [1.807, 2.05) is 142 Å². The van der Waals surface area contributed by atoms with E-state index < -0.39 is 59.5 Å². The lowest BCUT2D eigenvalue weighted by Gasteiger charge is -2.43. The summed E-state index contributed by atoms with van der Waals surface area (Å²) in [5, 5.41) is 13.1. The molecule has 4 aromatic carbocycles. The van der Waals surface area contributed by atoms with Gasteiger partial charge < -0.3 is 43.3 Å². The first-order chi connectivity index (χ1) is 29.1. The zero-order valence-electron chi connectivity index (χ0n) is 36.4. The Morgan fingerprint density at radius 1 is 0.574 bits per heavy atom. The SMILES string of the molecule is CC(C)(C)OC(=O)N1CCN(C(=O)C(OCc2ccccc2)C(OCc2ccccc2)C(OCc2ccccc2)C(O)(COCc2ccccc2)COC(=O)C(C)(C)C)CC1. The predicted molar refractivity (Wildman–Crippen MR) is 231 cm³/mol. The fourth-order valence-corrected chi connectivity index (χ4v) is 6.63. The molecule has 4 aromatic rings. The average molecular weight is 839 g/mol. The lowest BCUT2D eigenvalue weighted by atomic mass is 9.89. The van der Waals surface area contributed by atoms with Crippen LogP contribution in [0.3, 0.4) is 0 Å². The highest BCUT2D eigenvalue weighted by atomic mass is 16.6. The molecule has 0 aromatic heterocycles. The number of benzene rings is 4. The van der Waals surface area contributed by atoms with Crippen molar-refractivity contribution in [1.82, 2.24) is 9.80 Å². The van der Waals surface area contributed by atoms with Gasteiger partial charge in [0, 0.05) is 26.2 Å². The summed E-state index contributed by atoms with van der Waals surface area (Å²) in [5.41, 5.74) is -0.401. The van der Waals surface area contributed by atoms with E-state index in [1.54, 1.807) is 30.6 Å². The fourth-order valence-electron chi connectivity index (χ4n) is 6.63. The van der Waals surface area contributed by atoms with Crippen LogP contribution in [0.4, 0.5) is 4.79 Å². The van der Waals surface area contributed by atoms with Gasteiger partial charge in [0.25, 0.3) is 5.91 Å². The highest BCUT2D eigenvalue weighted by Crippen LogP contribution is 2.30. The van der Waals surface area contributed by atoms with Crippen LogP contribution in [0.15, 0.2) is 121 Å². The number of piperazine rings is 1. The Bertz CT molecular complexity index is 1930. The molecule has 0 aliphatic carbocycles. The van der Waals surface area contributed by atoms with Crippen LogP contribution in [-0.2, 0) is 64.4 Å². The highest BCUT2D eigenvalue weighted by molar-refractivity contribution is 5.82. The van der Waals surface area contributed by atoms with Crippen molar-refractivity contribution in [3.05, 3.63) is 144 Å². The van der Waals surface area contributed by atoms with E-state index >= 15 is 4.79 Å². The highest BCUT2D eigenvalue weighted by Gasteiger charge is 2.51. The molecule has 0 radical (unpaired) electrons. The molecule has 12 heteroatoms. The molecule has 1 aliphatic heterocycles. The second kappa shape index (κ2) is 22.1. The Labute approximate surface area is 360 Å². The van der Waals surface area contributed by atoms with Crippen LogP contribution < -0.4 is 0 Å². The minimum absolute atomic E-state index is 0.000918. The number of hydrogen-bond acceptors (Lipinski definition) is 10. The normalized spacial score (nSPS) is 15.9. The van der Waals surface area contributed by atoms with Gasteiger partial charge in [-0.3, -0.25) is 9.59 Å². The molecule has 328 valence electrons. The van der Waals surface area contributed by atoms with Crippen LogP contribution in [0.2, 0.25) is 0 Å². The van der Waals surface area contributed by atoms with Gasteiger partial charge in [0.2, 0.25) is 0 Å². The Hall–Kier alpha value is -5.11. The molecule has 1 N–H and O–H groups in total. The molecule has 1 aliphatic rings. The van der Waals surface area contributed by atoms with Crippen LogP contribution in [0.5, 0.6) is 0 Å². The maximum Gasteiger partial charge on any atom is 0.410 e. The number of hydrogen-bond donors (Lipinski definition) is 1. The van der Waals surface area contributed by atoms with E-state index in [1.165, 1.54) is 0 Å². The van der Waals surface area contributed by atoms with Gasteiger partial charge in [-0.1, -0.05) is 121 Å². The quantitative estimate of drug-likeness (QED) is 0.0956. The first kappa shape index (κ1) is 46.9. The van der Waals surface area contributed by atoms with Gasteiger partial charge in [0.15, 0.2) is 11.7 Å². The molecule has 61 heavy (non-hydrogen) atoms. The number of ether oxygens (including phenoxy) is 6. The van der Waals surface area contributed by atoms with E-state index in [2.05, 4.69) is 0 Å². The molecule has 5 rings (SSSR count). The minimum atomic E-state index is -2.09. The molecular formula is C49H62N2O10. The Kier molecular flexibility index (Phi) is 17.0. The summed E-state index contributed by atoms with van der Waals surface area (Å²) in [6, 6.07) is 37.8. The Morgan fingerprint density at radius 3 is 1.46 bits per heavy atom. The van der Waals surface area contributed by atoms with Gasteiger partial charge in [-0.15, -0.1) is 0 Å². The van der Waals surface area contributed by atoms with Crippen molar-refractivity contribution < 1.29 is 47.9 Å². The van der Waals surface area contributed by atoms with Crippen LogP contribution >= 0.6 is 0 Å². The topological polar surface area (TPSA) is 133 Å². The molecule has 0 spiro atoms. The number of carbonyl (C=O) groups excluding carboxylic acids is 3. The molecule has 2 amide bonds. The smallest absolute Gasteiger partial charge is 0.410 e. The zero-order chi connectivity index (χ0) is 43.9. The molecule has 0 bridgehead atoms. The van der Waals surface area contributed by atoms with Gasteiger partial charge in [-0.25, -0.2) is 4.79 Å². The third-order valence-electron chi connectivity index (χ3n) is 9.97. The van der Waals surface area contributed by atoms with Crippen molar-refractivity contribution in [1.29, 1.82) is 0 Å². The number of esters is 1. The minimum Gasteiger partial charge on any atom is -0.462 e. The third kappa shape index (κ3) is 14.8. The van der Waals surface area contributed by atoms with Crippen molar-refractivity contribution in [3.63, 3.8) is 0 Å². The van der Waals surface area contributed by atoms with E-state index in [0.717, 1.165) is 22.3 Å². The van der Waals surface area contributed by atoms with Gasteiger partial charge in [0.05, 0.1) is 38.4 Å². The van der Waals surface area contributed by atoms with Crippen LogP contribution in [-0.4, -0.2) is 102 Å². The average Bonchev–Trinajstić information content (AvgIpc) is 3.25. The number of amides is 2. The first-order valence-corrected chi connectivity index (χ1v) is 20.9. The first-order valence-electron chi connectivity index (χ1n) is 20.9. The molecular weight excluding hydrogens is 777 g/mol. The second-order valence-corrected chi connectivity index (χ2v) is 17.4. The monoisotopic (exact) mass is 838 g/mol. The molecule has 1 saturated heterocycles. The molecule has 4 atom stereocenters. The molecule has 12 nitrogen and oxygen atoms in total. The van der Waals surface area contributed by atoms with E-state index in [-0.39, 0.29) is 59.2 Å². The number of aliphatic hydroxyl groups is 1. The van der Waals surface area contributed by atoms with Gasteiger partial charge in [0.1, 0.15) is 24.4 Å². The number of nitrogens with zero attached hydrogens (tertiary/aromatic N) is 2. The summed E-state index contributed by atoms with van der Waals surface area (Å²) in [5.74, 6) is -0.973. The standard InChI is InChI=1S/C49H62N2O10/c1-47(2,3)45(53)60-36-49(55,35-56-31-37-19-11-7-12-20-37)43(59-34-40-25-17-10-18-26-40)41(57-32-38-21-13-8-14-22-38)42(58-33-39-23-15-9-16-24-39)44(52)50-27-29-51(30-28-50)46(54)61-48(4,5)6/h7-26,41-43,55H,27-36H2,1-6H3. The van der Waals surface area contributed by atoms with Crippen molar-refractivity contribution in [3.8, 4) is 0 Å². The molecule has 0 saturated carbocycles. The maximum absolute atomic E-state index is 15.1. The van der Waals surface area contributed by atoms with E-state index in [0.29, 0.717) is 0 Å². The number of carbonyl (C=O) groups is 3. The molecule has 1 heterocycles. The zero-order valence-corrected chi connectivity index (χ0v) is 36.4. The fraction of sp³-hybridized carbons (Fsp3) is 0.449. The summed E-state index contributed by atoms with van der Waals surface area (Å²) >= 11 is 0. The summed E-state index contributed by atoms with van der Waals surface area (Å²) in [7, 11) is 0. The van der Waals surface area contributed by atoms with Gasteiger partial charge >= 0.3 is 12.1 Å². The lowest BCUT2D eigenvalue weighted by molar-refractivity contribution is -0.237. The van der Waals surface area contributed by atoms with E-state index in [9.17, 15) is 14.7 Å².